The fourth-order valence-electron chi connectivity index (χ4n) is 1.04. The molecular weight excluding hydrogens is 184 g/mol. The van der Waals surface area contributed by atoms with E-state index in [1.54, 1.807) is 0 Å². The normalized spacial score (nSPS) is 12.1. The van der Waals surface area contributed by atoms with Crippen LogP contribution < -0.4 is 0 Å². The van der Waals surface area contributed by atoms with E-state index in [9.17, 15) is 9.59 Å². The van der Waals surface area contributed by atoms with Gasteiger partial charge in [0.1, 0.15) is 0 Å². The van der Waals surface area contributed by atoms with Gasteiger partial charge >= 0.3 is 11.9 Å². The van der Waals surface area contributed by atoms with Gasteiger partial charge in [-0.3, -0.25) is 9.59 Å². The Morgan fingerprint density at radius 1 is 1.36 bits per heavy atom. The number of hydrogen-bond acceptors (Lipinski definition) is 3. The van der Waals surface area contributed by atoms with Crippen molar-refractivity contribution in [2.75, 3.05) is 0 Å². The number of unbranched alkanes of at least 4 members (excludes halogenated alkanes) is 1. The summed E-state index contributed by atoms with van der Waals surface area (Å²) in [6.45, 7) is 3.90. The first-order valence-electron chi connectivity index (χ1n) is 4.97. The van der Waals surface area contributed by atoms with Gasteiger partial charge in [0.05, 0.1) is 18.9 Å². The van der Waals surface area contributed by atoms with Gasteiger partial charge in [0, 0.05) is 0 Å². The van der Waals surface area contributed by atoms with E-state index in [1.165, 1.54) is 0 Å². The number of ether oxygens (including phenoxy) is 1. The van der Waals surface area contributed by atoms with Gasteiger partial charge in [0.25, 0.3) is 0 Å². The summed E-state index contributed by atoms with van der Waals surface area (Å²) in [6, 6.07) is 0. The number of esters is 1. The molecule has 0 radical (unpaired) electrons. The van der Waals surface area contributed by atoms with Crippen LogP contribution in [-0.2, 0) is 14.3 Å². The Kier molecular flexibility index (Phi) is 6.80. The van der Waals surface area contributed by atoms with Gasteiger partial charge in [-0.2, -0.15) is 0 Å². The number of rotatable bonds is 7. The topological polar surface area (TPSA) is 63.6 Å². The third-order valence-electron chi connectivity index (χ3n) is 1.84. The highest BCUT2D eigenvalue weighted by atomic mass is 16.5. The van der Waals surface area contributed by atoms with Crippen LogP contribution in [0.5, 0.6) is 0 Å². The highest BCUT2D eigenvalue weighted by molar-refractivity contribution is 5.76. The molecule has 0 aromatic heterocycles. The highest BCUT2D eigenvalue weighted by Gasteiger charge is 2.10. The summed E-state index contributed by atoms with van der Waals surface area (Å²) in [5, 5.41) is 8.33. The van der Waals surface area contributed by atoms with E-state index >= 15 is 0 Å². The molecule has 0 aromatic carbocycles. The number of hydrogen-bond donors (Lipinski definition) is 1. The molecule has 0 fully saturated rings. The SMILES string of the molecule is CCCCC(C)OC(=O)CCC(=O)O. The van der Waals surface area contributed by atoms with Gasteiger partial charge in [-0.1, -0.05) is 19.8 Å². The summed E-state index contributed by atoms with van der Waals surface area (Å²) in [6.07, 6.45) is 2.64. The molecule has 0 spiro atoms. The summed E-state index contributed by atoms with van der Waals surface area (Å²) in [4.78, 5) is 21.2. The largest absolute Gasteiger partial charge is 0.481 e. The molecule has 82 valence electrons. The van der Waals surface area contributed by atoms with Crippen LogP contribution in [0.4, 0.5) is 0 Å². The van der Waals surface area contributed by atoms with Crippen LogP contribution in [0.1, 0.15) is 46.0 Å². The number of carbonyl (C=O) groups is 2. The lowest BCUT2D eigenvalue weighted by atomic mass is 10.2. The van der Waals surface area contributed by atoms with Crippen molar-refractivity contribution < 1.29 is 19.4 Å². The molecule has 0 rings (SSSR count). The first kappa shape index (κ1) is 12.9. The Morgan fingerprint density at radius 2 is 2.00 bits per heavy atom. The van der Waals surface area contributed by atoms with Crippen molar-refractivity contribution in [3.8, 4) is 0 Å². The second kappa shape index (κ2) is 7.35. The van der Waals surface area contributed by atoms with Gasteiger partial charge in [-0.25, -0.2) is 0 Å². The smallest absolute Gasteiger partial charge is 0.306 e. The lowest BCUT2D eigenvalue weighted by molar-refractivity contribution is -0.151. The molecular formula is C10H18O4. The third-order valence-corrected chi connectivity index (χ3v) is 1.84. The molecule has 0 bridgehead atoms. The third kappa shape index (κ3) is 7.58. The number of aliphatic carboxylic acids is 1. The molecule has 0 saturated heterocycles. The Labute approximate surface area is 84.3 Å². The minimum absolute atomic E-state index is 0.0359. The fraction of sp³-hybridized carbons (Fsp3) is 0.800. The van der Waals surface area contributed by atoms with Crippen molar-refractivity contribution >= 4 is 11.9 Å². The summed E-state index contributed by atoms with van der Waals surface area (Å²) in [5.74, 6) is -1.39. The Hall–Kier alpha value is -1.06. The zero-order valence-corrected chi connectivity index (χ0v) is 8.78. The quantitative estimate of drug-likeness (QED) is 0.641. The molecule has 14 heavy (non-hydrogen) atoms. The molecule has 1 N–H and O–H groups in total. The summed E-state index contributed by atoms with van der Waals surface area (Å²) in [7, 11) is 0. The van der Waals surface area contributed by atoms with Crippen LogP contribution in [0.2, 0.25) is 0 Å². The standard InChI is InChI=1S/C10H18O4/c1-3-4-5-8(2)14-10(13)7-6-9(11)12/h8H,3-7H2,1-2H3,(H,11,12). The number of carboxylic acid groups (broad SMARTS) is 1. The van der Waals surface area contributed by atoms with E-state index in [-0.39, 0.29) is 18.9 Å². The molecule has 0 amide bonds. The van der Waals surface area contributed by atoms with Gasteiger partial charge in [-0.05, 0) is 13.3 Å². The maximum atomic E-state index is 11.0. The zero-order valence-electron chi connectivity index (χ0n) is 8.78. The minimum atomic E-state index is -0.969. The maximum absolute atomic E-state index is 11.0. The van der Waals surface area contributed by atoms with Crippen molar-refractivity contribution in [1.82, 2.24) is 0 Å². The van der Waals surface area contributed by atoms with E-state index in [4.69, 9.17) is 9.84 Å². The summed E-state index contributed by atoms with van der Waals surface area (Å²) >= 11 is 0. The average molecular weight is 202 g/mol. The summed E-state index contributed by atoms with van der Waals surface area (Å²) in [5.41, 5.74) is 0. The van der Waals surface area contributed by atoms with Gasteiger partial charge < -0.3 is 9.84 Å². The first-order chi connectivity index (χ1) is 6.56. The monoisotopic (exact) mass is 202 g/mol. The van der Waals surface area contributed by atoms with Gasteiger partial charge in [-0.15, -0.1) is 0 Å². The molecule has 0 heterocycles. The molecule has 0 aliphatic heterocycles. The molecule has 0 aromatic rings. The molecule has 0 aliphatic carbocycles. The van der Waals surface area contributed by atoms with E-state index < -0.39 is 11.9 Å². The van der Waals surface area contributed by atoms with Crippen LogP contribution in [0.25, 0.3) is 0 Å². The second-order valence-electron chi connectivity index (χ2n) is 3.34. The van der Waals surface area contributed by atoms with E-state index in [0.29, 0.717) is 0 Å². The molecule has 0 saturated carbocycles. The highest BCUT2D eigenvalue weighted by Crippen LogP contribution is 2.05. The van der Waals surface area contributed by atoms with Crippen LogP contribution in [0.3, 0.4) is 0 Å². The average Bonchev–Trinajstić information content (AvgIpc) is 2.11. The molecule has 0 aliphatic rings. The van der Waals surface area contributed by atoms with Crippen molar-refractivity contribution in [2.45, 2.75) is 52.1 Å². The minimum Gasteiger partial charge on any atom is -0.481 e. The maximum Gasteiger partial charge on any atom is 0.306 e. The summed E-state index contributed by atoms with van der Waals surface area (Å²) < 4.78 is 5.00. The van der Waals surface area contributed by atoms with Crippen LogP contribution in [-0.4, -0.2) is 23.1 Å². The van der Waals surface area contributed by atoms with Gasteiger partial charge in [0.15, 0.2) is 0 Å². The van der Waals surface area contributed by atoms with Crippen molar-refractivity contribution in [3.63, 3.8) is 0 Å². The Balaban J connectivity index is 3.55. The molecule has 4 heteroatoms. The van der Waals surface area contributed by atoms with E-state index in [2.05, 4.69) is 6.92 Å². The van der Waals surface area contributed by atoms with Crippen molar-refractivity contribution in [3.05, 3.63) is 0 Å². The number of carboxylic acids is 1. The second-order valence-corrected chi connectivity index (χ2v) is 3.34. The molecule has 1 unspecified atom stereocenters. The van der Waals surface area contributed by atoms with Crippen LogP contribution >= 0.6 is 0 Å². The van der Waals surface area contributed by atoms with E-state index in [1.807, 2.05) is 6.92 Å². The molecule has 4 nitrogen and oxygen atoms in total. The van der Waals surface area contributed by atoms with Crippen molar-refractivity contribution in [1.29, 1.82) is 0 Å². The fourth-order valence-corrected chi connectivity index (χ4v) is 1.04. The zero-order chi connectivity index (χ0) is 11.0. The van der Waals surface area contributed by atoms with E-state index in [0.717, 1.165) is 19.3 Å². The number of carbonyl (C=O) groups excluding carboxylic acids is 1. The van der Waals surface area contributed by atoms with Crippen molar-refractivity contribution in [2.24, 2.45) is 0 Å². The Morgan fingerprint density at radius 3 is 2.50 bits per heavy atom. The predicted octanol–water partition coefficient (Wildman–Crippen LogP) is 1.97. The lowest BCUT2D eigenvalue weighted by Gasteiger charge is -2.11. The van der Waals surface area contributed by atoms with Crippen LogP contribution in [0.15, 0.2) is 0 Å². The lowest BCUT2D eigenvalue weighted by Crippen LogP contribution is -2.15. The predicted molar refractivity (Wildman–Crippen MR) is 51.9 cm³/mol. The van der Waals surface area contributed by atoms with Gasteiger partial charge in [0.2, 0.25) is 0 Å². The Bertz CT molecular complexity index is 189. The van der Waals surface area contributed by atoms with Crippen LogP contribution in [0, 0.1) is 0 Å². The molecule has 1 atom stereocenters. The first-order valence-corrected chi connectivity index (χ1v) is 4.97.